The Morgan fingerprint density at radius 2 is 2.10 bits per heavy atom. The van der Waals surface area contributed by atoms with Gasteiger partial charge in [-0.05, 0) is 26.0 Å². The maximum Gasteiger partial charge on any atom is 0.204 e. The summed E-state index contributed by atoms with van der Waals surface area (Å²) in [5.41, 5.74) is 10.3. The molecular formula is C22H30N6O3. The predicted molar refractivity (Wildman–Crippen MR) is 122 cm³/mol. The van der Waals surface area contributed by atoms with E-state index >= 15 is 0 Å². The van der Waals surface area contributed by atoms with Crippen LogP contribution in [0.4, 0.5) is 5.95 Å². The maximum absolute atomic E-state index is 5.80. The summed E-state index contributed by atoms with van der Waals surface area (Å²) < 4.78 is 19.1. The van der Waals surface area contributed by atoms with E-state index in [0.29, 0.717) is 26.4 Å². The molecule has 166 valence electrons. The number of nitrogens with two attached hydrogens (primary N) is 1. The number of rotatable bonds is 8. The second kappa shape index (κ2) is 8.60. The second-order valence-corrected chi connectivity index (χ2v) is 7.76. The Bertz CT molecular complexity index is 1140. The van der Waals surface area contributed by atoms with E-state index < -0.39 is 0 Å². The van der Waals surface area contributed by atoms with Gasteiger partial charge in [-0.2, -0.15) is 0 Å². The van der Waals surface area contributed by atoms with Crippen LogP contribution in [0.1, 0.15) is 25.5 Å². The van der Waals surface area contributed by atoms with E-state index in [9.17, 15) is 0 Å². The van der Waals surface area contributed by atoms with Crippen molar-refractivity contribution in [3.05, 3.63) is 29.7 Å². The smallest absolute Gasteiger partial charge is 0.204 e. The van der Waals surface area contributed by atoms with Gasteiger partial charge >= 0.3 is 0 Å². The zero-order valence-electron chi connectivity index (χ0n) is 18.7. The highest BCUT2D eigenvalue weighted by Crippen LogP contribution is 2.39. The highest BCUT2D eigenvalue weighted by Gasteiger charge is 2.25. The summed E-state index contributed by atoms with van der Waals surface area (Å²) in [6, 6.07) is 4.16. The molecule has 0 amide bonds. The number of imidazole rings is 1. The predicted octanol–water partition coefficient (Wildman–Crippen LogP) is 2.78. The number of allylic oxidation sites excluding steroid dienone is 1. The number of hydrogen-bond donors (Lipinski definition) is 2. The lowest BCUT2D eigenvalue weighted by Crippen LogP contribution is -2.19. The molecule has 3 aromatic rings. The number of ether oxygens (including phenoxy) is 3. The molecule has 4 rings (SSSR count). The number of methoxy groups -OCH3 is 2. The van der Waals surface area contributed by atoms with Crippen LogP contribution in [0.2, 0.25) is 0 Å². The molecular weight excluding hydrogens is 396 g/mol. The highest BCUT2D eigenvalue weighted by molar-refractivity contribution is 6.05. The molecule has 3 heterocycles. The second-order valence-electron chi connectivity index (χ2n) is 7.76. The number of fused-ring (bicyclic) bond motifs is 3. The molecule has 1 atom stereocenters. The molecule has 0 spiro atoms. The van der Waals surface area contributed by atoms with Gasteiger partial charge in [0.1, 0.15) is 17.0 Å². The molecule has 0 saturated carbocycles. The van der Waals surface area contributed by atoms with Gasteiger partial charge < -0.3 is 34.7 Å². The van der Waals surface area contributed by atoms with Gasteiger partial charge in [0.05, 0.1) is 42.7 Å². The first kappa shape index (κ1) is 21.2. The number of pyridine rings is 1. The topological polar surface area (TPSA) is 99.7 Å². The standard InChI is InChI=1S/C22H30N6O3/c1-13(11-29-4)28-21-15-9-19(30-5)16(20-14(2)31-12-27(20)3)8-17(15)25-10-18(21)26-22(28)24-7-6-23/h8-10,13H,6-7,11-12,23H2,1-5H3,(H,24,26). The van der Waals surface area contributed by atoms with Gasteiger partial charge in [0.15, 0.2) is 6.73 Å². The number of aromatic nitrogens is 3. The number of nitrogens with zero attached hydrogens (tertiary/aromatic N) is 4. The van der Waals surface area contributed by atoms with E-state index in [1.165, 1.54) is 0 Å². The van der Waals surface area contributed by atoms with Gasteiger partial charge in [0.25, 0.3) is 0 Å². The fourth-order valence-electron chi connectivity index (χ4n) is 4.20. The molecule has 0 fully saturated rings. The summed E-state index contributed by atoms with van der Waals surface area (Å²) in [7, 11) is 5.39. The van der Waals surface area contributed by atoms with Gasteiger partial charge in [0.2, 0.25) is 5.95 Å². The third-order valence-electron chi connectivity index (χ3n) is 5.56. The van der Waals surface area contributed by atoms with Crippen molar-refractivity contribution in [2.45, 2.75) is 19.9 Å². The van der Waals surface area contributed by atoms with Crippen molar-refractivity contribution in [1.29, 1.82) is 0 Å². The first-order valence-electron chi connectivity index (χ1n) is 10.4. The van der Waals surface area contributed by atoms with Gasteiger partial charge in [-0.25, -0.2) is 4.98 Å². The Labute approximate surface area is 181 Å². The molecule has 1 aliphatic heterocycles. The third kappa shape index (κ3) is 3.64. The van der Waals surface area contributed by atoms with Crippen LogP contribution in [0.3, 0.4) is 0 Å². The van der Waals surface area contributed by atoms with Crippen molar-refractivity contribution in [2.75, 3.05) is 53.0 Å². The van der Waals surface area contributed by atoms with Crippen LogP contribution in [0.25, 0.3) is 27.6 Å². The largest absolute Gasteiger partial charge is 0.496 e. The molecule has 9 heteroatoms. The van der Waals surface area contributed by atoms with E-state index in [1.54, 1.807) is 14.2 Å². The van der Waals surface area contributed by atoms with Crippen LogP contribution in [0, 0.1) is 0 Å². The zero-order chi connectivity index (χ0) is 22.1. The lowest BCUT2D eigenvalue weighted by molar-refractivity contribution is 0.164. The molecule has 1 unspecified atom stereocenters. The van der Waals surface area contributed by atoms with Crippen molar-refractivity contribution in [3.8, 4) is 5.75 Å². The number of benzene rings is 1. The number of anilines is 1. The summed E-state index contributed by atoms with van der Waals surface area (Å²) in [5.74, 6) is 2.38. The van der Waals surface area contributed by atoms with E-state index in [4.69, 9.17) is 29.9 Å². The number of hydrogen-bond acceptors (Lipinski definition) is 8. The lowest BCUT2D eigenvalue weighted by Gasteiger charge is -2.19. The van der Waals surface area contributed by atoms with E-state index in [1.807, 2.05) is 26.2 Å². The molecule has 3 N–H and O–H groups in total. The Kier molecular flexibility index (Phi) is 5.88. The minimum Gasteiger partial charge on any atom is -0.496 e. The van der Waals surface area contributed by atoms with Crippen LogP contribution in [-0.2, 0) is 9.47 Å². The molecule has 0 radical (unpaired) electrons. The van der Waals surface area contributed by atoms with Crippen LogP contribution in [-0.4, -0.2) is 67.1 Å². The SMILES string of the molecule is COCC(C)n1c(NCCN)nc2cnc3cc(C4=C(C)OCN4C)c(OC)cc3c21. The molecule has 1 aromatic carbocycles. The van der Waals surface area contributed by atoms with Crippen molar-refractivity contribution in [3.63, 3.8) is 0 Å². The molecule has 2 aromatic heterocycles. The average molecular weight is 427 g/mol. The maximum atomic E-state index is 5.80. The highest BCUT2D eigenvalue weighted by atomic mass is 16.5. The van der Waals surface area contributed by atoms with Crippen LogP contribution in [0.5, 0.6) is 5.75 Å². The van der Waals surface area contributed by atoms with E-state index in [2.05, 4.69) is 27.8 Å². The van der Waals surface area contributed by atoms with E-state index in [0.717, 1.165) is 50.7 Å². The normalized spacial score (nSPS) is 15.1. The van der Waals surface area contributed by atoms with Gasteiger partial charge in [0, 0.05) is 38.2 Å². The summed E-state index contributed by atoms with van der Waals surface area (Å²) in [5, 5.41) is 4.30. The minimum absolute atomic E-state index is 0.0610. The van der Waals surface area contributed by atoms with Crippen molar-refractivity contribution < 1.29 is 14.2 Å². The van der Waals surface area contributed by atoms with Gasteiger partial charge in [-0.3, -0.25) is 4.98 Å². The summed E-state index contributed by atoms with van der Waals surface area (Å²) >= 11 is 0. The van der Waals surface area contributed by atoms with E-state index in [-0.39, 0.29) is 6.04 Å². The third-order valence-corrected chi connectivity index (χ3v) is 5.56. The quantitative estimate of drug-likeness (QED) is 0.567. The Morgan fingerprint density at radius 1 is 1.29 bits per heavy atom. The van der Waals surface area contributed by atoms with Crippen LogP contribution < -0.4 is 15.8 Å². The van der Waals surface area contributed by atoms with Crippen LogP contribution >= 0.6 is 0 Å². The first-order valence-corrected chi connectivity index (χ1v) is 10.4. The summed E-state index contributed by atoms with van der Waals surface area (Å²) in [6.45, 7) is 6.29. The molecule has 0 saturated heterocycles. The van der Waals surface area contributed by atoms with Crippen molar-refractivity contribution in [2.24, 2.45) is 5.73 Å². The fourth-order valence-corrected chi connectivity index (χ4v) is 4.20. The lowest BCUT2D eigenvalue weighted by atomic mass is 10.0. The minimum atomic E-state index is 0.0610. The monoisotopic (exact) mass is 426 g/mol. The fraction of sp³-hybridized carbons (Fsp3) is 0.455. The summed E-state index contributed by atoms with van der Waals surface area (Å²) in [6.07, 6.45) is 1.81. The molecule has 9 nitrogen and oxygen atoms in total. The van der Waals surface area contributed by atoms with Crippen LogP contribution in [0.15, 0.2) is 24.1 Å². The van der Waals surface area contributed by atoms with Crippen molar-refractivity contribution in [1.82, 2.24) is 19.4 Å². The molecule has 0 bridgehead atoms. The summed E-state index contributed by atoms with van der Waals surface area (Å²) in [4.78, 5) is 11.6. The Balaban J connectivity index is 1.98. The average Bonchev–Trinajstić information content (AvgIpc) is 3.30. The molecule has 31 heavy (non-hydrogen) atoms. The Morgan fingerprint density at radius 3 is 2.74 bits per heavy atom. The zero-order valence-corrected chi connectivity index (χ0v) is 18.7. The Hall–Kier alpha value is -3.04. The van der Waals surface area contributed by atoms with Gasteiger partial charge in [-0.15, -0.1) is 0 Å². The van der Waals surface area contributed by atoms with Crippen molar-refractivity contribution >= 4 is 33.6 Å². The first-order chi connectivity index (χ1) is 15.0. The molecule has 1 aliphatic rings. The molecule has 0 aliphatic carbocycles. The van der Waals surface area contributed by atoms with Gasteiger partial charge in [-0.1, -0.05) is 0 Å². The number of nitrogens with one attached hydrogen (secondary N) is 1.